The van der Waals surface area contributed by atoms with Crippen LogP contribution < -0.4 is 21.1 Å². The van der Waals surface area contributed by atoms with E-state index in [4.69, 9.17) is 28.9 Å². The minimum atomic E-state index is -5.06. The minimum absolute atomic E-state index is 0.0170. The summed E-state index contributed by atoms with van der Waals surface area (Å²) in [5.74, 6) is -1.96. The van der Waals surface area contributed by atoms with Crippen molar-refractivity contribution in [2.24, 2.45) is 5.73 Å². The average Bonchev–Trinajstić information content (AvgIpc) is 2.88. The Labute approximate surface area is 240 Å². The number of carbonyl (C=O) groups excluding carboxylic acids is 2. The average molecular weight is 625 g/mol. The molecule has 0 aromatic heterocycles. The highest BCUT2D eigenvalue weighted by Crippen LogP contribution is 2.34. The predicted molar refractivity (Wildman–Crippen MR) is 144 cm³/mol. The van der Waals surface area contributed by atoms with Gasteiger partial charge in [0.2, 0.25) is 5.91 Å². The Morgan fingerprint density at radius 3 is 2.58 bits per heavy atom. The lowest BCUT2D eigenvalue weighted by atomic mass is 10.0. The van der Waals surface area contributed by atoms with Crippen LogP contribution in [0.2, 0.25) is 10.0 Å². The highest BCUT2D eigenvalue weighted by atomic mass is 35.5. The van der Waals surface area contributed by atoms with Crippen molar-refractivity contribution in [3.63, 3.8) is 0 Å². The van der Waals surface area contributed by atoms with Crippen LogP contribution in [0.4, 0.5) is 13.2 Å². The van der Waals surface area contributed by atoms with E-state index in [9.17, 15) is 31.2 Å². The molecule has 2 amide bonds. The fourth-order valence-corrected chi connectivity index (χ4v) is 5.94. The molecule has 9 nitrogen and oxygen atoms in total. The Morgan fingerprint density at radius 1 is 1.20 bits per heavy atom. The Balaban J connectivity index is 1.84. The molecule has 0 saturated carbocycles. The second-order valence-electron chi connectivity index (χ2n) is 9.17. The standard InChI is InChI=1S/C25H29Cl2F3N4O5S/c1-2-40(37,38)22-6-5-17(26)8-16(22)12-32-24(36)15-9-20(27)19(21(10-15)39-25(28,29)30)14-34-7-3-4-18(13-34)33-23(35)11-31/h5-6,8-10,18H,2-4,7,11-14,31H2,1H3,(H,32,36)(H,33,35)/t18-/m0/s1. The molecule has 2 aromatic rings. The molecule has 3 rings (SSSR count). The monoisotopic (exact) mass is 624 g/mol. The molecular weight excluding hydrogens is 596 g/mol. The largest absolute Gasteiger partial charge is 0.573 e. The molecule has 0 spiro atoms. The van der Waals surface area contributed by atoms with Crippen LogP contribution in [0, 0.1) is 0 Å². The van der Waals surface area contributed by atoms with E-state index in [1.165, 1.54) is 31.2 Å². The number of hydrogen-bond donors (Lipinski definition) is 3. The van der Waals surface area contributed by atoms with E-state index >= 15 is 0 Å². The van der Waals surface area contributed by atoms with Gasteiger partial charge >= 0.3 is 6.36 Å². The highest BCUT2D eigenvalue weighted by molar-refractivity contribution is 7.91. The van der Waals surface area contributed by atoms with Crippen molar-refractivity contribution in [1.82, 2.24) is 15.5 Å². The molecule has 0 radical (unpaired) electrons. The summed E-state index contributed by atoms with van der Waals surface area (Å²) < 4.78 is 69.0. The van der Waals surface area contributed by atoms with Crippen LogP contribution in [0.1, 0.15) is 41.3 Å². The molecule has 1 fully saturated rings. The third kappa shape index (κ3) is 8.71. The number of benzene rings is 2. The SMILES string of the molecule is CCS(=O)(=O)c1ccc(Cl)cc1CNC(=O)c1cc(Cl)c(CN2CCC[C@H](NC(=O)CN)C2)c(OC(F)(F)F)c1. The number of halogens is 5. The fourth-order valence-electron chi connectivity index (χ4n) is 4.36. The molecule has 4 N–H and O–H groups in total. The van der Waals surface area contributed by atoms with Gasteiger partial charge in [-0.2, -0.15) is 0 Å². The summed E-state index contributed by atoms with van der Waals surface area (Å²) in [5, 5.41) is 5.40. The van der Waals surface area contributed by atoms with Gasteiger partial charge in [0, 0.05) is 46.8 Å². The van der Waals surface area contributed by atoms with Gasteiger partial charge in [-0.3, -0.25) is 14.5 Å². The first-order chi connectivity index (χ1) is 18.7. The summed E-state index contributed by atoms with van der Waals surface area (Å²) in [6, 6.07) is 6.05. The van der Waals surface area contributed by atoms with Crippen LogP contribution in [0.25, 0.3) is 0 Å². The molecule has 1 aliphatic heterocycles. The predicted octanol–water partition coefficient (Wildman–Crippen LogP) is 3.65. The van der Waals surface area contributed by atoms with Gasteiger partial charge < -0.3 is 21.1 Å². The maximum absolute atomic E-state index is 13.3. The van der Waals surface area contributed by atoms with E-state index in [2.05, 4.69) is 15.4 Å². The second-order valence-corrected chi connectivity index (χ2v) is 12.3. The van der Waals surface area contributed by atoms with Crippen molar-refractivity contribution in [3.8, 4) is 5.75 Å². The molecule has 1 atom stereocenters. The summed E-state index contributed by atoms with van der Waals surface area (Å²) in [6.07, 6.45) is -3.69. The highest BCUT2D eigenvalue weighted by Gasteiger charge is 2.34. The van der Waals surface area contributed by atoms with Gasteiger partial charge in [-0.05, 0) is 55.3 Å². The zero-order valence-electron chi connectivity index (χ0n) is 21.5. The number of alkyl halides is 3. The molecule has 1 aliphatic rings. The molecule has 0 aliphatic carbocycles. The molecular formula is C25H29Cl2F3N4O5S. The summed E-state index contributed by atoms with van der Waals surface area (Å²) >= 11 is 12.4. The number of nitrogens with one attached hydrogen (secondary N) is 2. The van der Waals surface area contributed by atoms with Crippen LogP contribution in [0.15, 0.2) is 35.2 Å². The molecule has 220 valence electrons. The summed E-state index contributed by atoms with van der Waals surface area (Å²) in [4.78, 5) is 26.4. The number of nitrogens with two attached hydrogens (primary N) is 1. The van der Waals surface area contributed by atoms with Crippen molar-refractivity contribution in [2.75, 3.05) is 25.4 Å². The first-order valence-electron chi connectivity index (χ1n) is 12.3. The van der Waals surface area contributed by atoms with Crippen LogP contribution >= 0.6 is 23.2 Å². The topological polar surface area (TPSA) is 131 Å². The fraction of sp³-hybridized carbons (Fsp3) is 0.440. The quantitative estimate of drug-likeness (QED) is 0.368. The molecule has 40 heavy (non-hydrogen) atoms. The number of piperidine rings is 1. The second kappa shape index (κ2) is 13.4. The van der Waals surface area contributed by atoms with Gasteiger partial charge in [-0.1, -0.05) is 30.1 Å². The zero-order valence-corrected chi connectivity index (χ0v) is 23.8. The van der Waals surface area contributed by atoms with Crippen LogP contribution in [-0.4, -0.2) is 62.9 Å². The number of carbonyl (C=O) groups is 2. The number of nitrogens with zero attached hydrogens (tertiary/aromatic N) is 1. The van der Waals surface area contributed by atoms with E-state index in [0.717, 1.165) is 6.07 Å². The van der Waals surface area contributed by atoms with E-state index in [0.29, 0.717) is 25.9 Å². The van der Waals surface area contributed by atoms with E-state index in [-0.39, 0.29) is 69.0 Å². The number of ether oxygens (including phenoxy) is 1. The number of amides is 2. The lowest BCUT2D eigenvalue weighted by molar-refractivity contribution is -0.275. The van der Waals surface area contributed by atoms with Crippen LogP contribution in [0.5, 0.6) is 5.75 Å². The smallest absolute Gasteiger partial charge is 0.405 e. The first-order valence-corrected chi connectivity index (χ1v) is 14.7. The van der Waals surface area contributed by atoms with Crippen LogP contribution in [-0.2, 0) is 27.7 Å². The Kier molecular flexibility index (Phi) is 10.7. The van der Waals surface area contributed by atoms with Gasteiger partial charge in [0.25, 0.3) is 5.91 Å². The molecule has 1 saturated heterocycles. The minimum Gasteiger partial charge on any atom is -0.405 e. The van der Waals surface area contributed by atoms with E-state index in [1.54, 1.807) is 0 Å². The molecule has 0 unspecified atom stereocenters. The number of rotatable bonds is 10. The molecule has 1 heterocycles. The third-order valence-electron chi connectivity index (χ3n) is 6.26. The summed E-state index contributed by atoms with van der Waals surface area (Å²) in [5.41, 5.74) is 5.37. The zero-order chi connectivity index (χ0) is 29.7. The van der Waals surface area contributed by atoms with Crippen molar-refractivity contribution >= 4 is 44.9 Å². The summed E-state index contributed by atoms with van der Waals surface area (Å²) in [7, 11) is -3.63. The first kappa shape index (κ1) is 31.9. The van der Waals surface area contributed by atoms with Gasteiger partial charge in [0.1, 0.15) is 5.75 Å². The van der Waals surface area contributed by atoms with E-state index < -0.39 is 27.9 Å². The molecule has 2 aromatic carbocycles. The van der Waals surface area contributed by atoms with Crippen molar-refractivity contribution in [1.29, 1.82) is 0 Å². The van der Waals surface area contributed by atoms with Crippen LogP contribution in [0.3, 0.4) is 0 Å². The number of hydrogen-bond acceptors (Lipinski definition) is 7. The lowest BCUT2D eigenvalue weighted by Crippen LogP contribution is -2.48. The Hall–Kier alpha value is -2.58. The maximum Gasteiger partial charge on any atom is 0.573 e. The molecule has 15 heteroatoms. The molecule has 0 bridgehead atoms. The van der Waals surface area contributed by atoms with Crippen molar-refractivity contribution < 1.29 is 35.9 Å². The van der Waals surface area contributed by atoms with Gasteiger partial charge in [0.05, 0.1) is 17.2 Å². The van der Waals surface area contributed by atoms with E-state index in [1.807, 2.05) is 4.90 Å². The number of sulfone groups is 1. The third-order valence-corrected chi connectivity index (χ3v) is 8.66. The Morgan fingerprint density at radius 2 is 1.93 bits per heavy atom. The maximum atomic E-state index is 13.3. The number of likely N-dealkylation sites (tertiary alicyclic amines) is 1. The van der Waals surface area contributed by atoms with Crippen molar-refractivity contribution in [2.45, 2.75) is 50.2 Å². The van der Waals surface area contributed by atoms with Crippen molar-refractivity contribution in [3.05, 3.63) is 57.1 Å². The van der Waals surface area contributed by atoms with Gasteiger partial charge in [0.15, 0.2) is 9.84 Å². The Bertz CT molecular complexity index is 1360. The lowest BCUT2D eigenvalue weighted by Gasteiger charge is -2.33. The normalized spacial score (nSPS) is 16.4. The van der Waals surface area contributed by atoms with Gasteiger partial charge in [-0.15, -0.1) is 13.2 Å². The summed E-state index contributed by atoms with van der Waals surface area (Å²) in [6.45, 7) is 1.91. The van der Waals surface area contributed by atoms with Gasteiger partial charge in [-0.25, -0.2) is 8.42 Å².